The average Bonchev–Trinajstić information content (AvgIpc) is 2.79. The lowest BCUT2D eigenvalue weighted by atomic mass is 10.2. The Hall–Kier alpha value is -0.610. The van der Waals surface area contributed by atoms with Crippen LogP contribution in [0.1, 0.15) is 18.4 Å². The molecule has 0 aliphatic carbocycles. The van der Waals surface area contributed by atoms with Crippen molar-refractivity contribution in [1.82, 2.24) is 4.90 Å². The van der Waals surface area contributed by atoms with Gasteiger partial charge in [0.1, 0.15) is 10.1 Å². The second-order valence-electron chi connectivity index (χ2n) is 3.88. The van der Waals surface area contributed by atoms with Crippen LogP contribution in [0, 0.1) is 5.82 Å². The summed E-state index contributed by atoms with van der Waals surface area (Å²) < 4.78 is 13.9. The first kappa shape index (κ1) is 11.9. The van der Waals surface area contributed by atoms with Gasteiger partial charge in [0, 0.05) is 18.8 Å². The zero-order chi connectivity index (χ0) is 11.4. The Morgan fingerprint density at radius 1 is 1.38 bits per heavy atom. The molecule has 2 rings (SSSR count). The Kier molecular flexibility index (Phi) is 4.18. The van der Waals surface area contributed by atoms with Crippen molar-refractivity contribution in [2.24, 2.45) is 0 Å². The van der Waals surface area contributed by atoms with E-state index in [1.54, 1.807) is 23.9 Å². The summed E-state index contributed by atoms with van der Waals surface area (Å²) in [5.74, 6) is 0.581. The molecular weight excluding hydrogens is 241 g/mol. The molecule has 0 radical (unpaired) electrons. The summed E-state index contributed by atoms with van der Waals surface area (Å²) in [6.07, 6.45) is 2.47. The van der Waals surface area contributed by atoms with Crippen molar-refractivity contribution < 1.29 is 4.39 Å². The van der Waals surface area contributed by atoms with E-state index in [9.17, 15) is 4.39 Å². The molecular formula is C12H14FNS2. The molecule has 0 saturated carbocycles. The summed E-state index contributed by atoms with van der Waals surface area (Å²) in [5, 5.41) is 0. The lowest BCUT2D eigenvalue weighted by Crippen LogP contribution is -2.23. The number of nitrogens with zero attached hydrogens (tertiary/aromatic N) is 1. The van der Waals surface area contributed by atoms with Crippen LogP contribution in [0.25, 0.3) is 0 Å². The Balaban J connectivity index is 1.84. The van der Waals surface area contributed by atoms with E-state index >= 15 is 0 Å². The van der Waals surface area contributed by atoms with Crippen LogP contribution < -0.4 is 0 Å². The minimum atomic E-state index is -0.176. The highest BCUT2D eigenvalue weighted by Gasteiger charge is 2.14. The molecule has 1 aliphatic rings. The zero-order valence-electron chi connectivity index (χ0n) is 8.99. The van der Waals surface area contributed by atoms with Crippen molar-refractivity contribution in [2.75, 3.05) is 13.1 Å². The number of thioether (sulfide) groups is 1. The van der Waals surface area contributed by atoms with E-state index in [1.807, 2.05) is 6.07 Å². The van der Waals surface area contributed by atoms with Crippen molar-refractivity contribution in [3.63, 3.8) is 0 Å². The molecule has 1 saturated heterocycles. The second-order valence-corrected chi connectivity index (χ2v) is 5.49. The Labute approximate surface area is 105 Å². The van der Waals surface area contributed by atoms with Gasteiger partial charge in [0.25, 0.3) is 0 Å². The first-order valence-corrected chi connectivity index (χ1v) is 6.81. The van der Waals surface area contributed by atoms with Crippen LogP contribution in [-0.4, -0.2) is 22.3 Å². The number of hydrogen-bond acceptors (Lipinski definition) is 2. The molecule has 1 heterocycles. The minimum Gasteiger partial charge on any atom is -0.358 e. The third-order valence-electron chi connectivity index (χ3n) is 2.62. The summed E-state index contributed by atoms with van der Waals surface area (Å²) in [7, 11) is 0. The van der Waals surface area contributed by atoms with Crippen molar-refractivity contribution in [3.05, 3.63) is 35.6 Å². The number of benzene rings is 1. The number of thiocarbonyl (C=S) groups is 1. The van der Waals surface area contributed by atoms with E-state index in [0.717, 1.165) is 28.7 Å². The molecule has 1 nitrogen and oxygen atoms in total. The van der Waals surface area contributed by atoms with E-state index in [1.165, 1.54) is 18.9 Å². The quantitative estimate of drug-likeness (QED) is 0.745. The summed E-state index contributed by atoms with van der Waals surface area (Å²) in [5.41, 5.74) is 0.992. The van der Waals surface area contributed by atoms with Gasteiger partial charge in [0.2, 0.25) is 0 Å². The molecule has 0 spiro atoms. The predicted octanol–water partition coefficient (Wildman–Crippen LogP) is 3.44. The van der Waals surface area contributed by atoms with Crippen LogP contribution in [0.15, 0.2) is 24.3 Å². The number of likely N-dealkylation sites (tertiary alicyclic amines) is 1. The molecule has 0 N–H and O–H groups in total. The second kappa shape index (κ2) is 5.64. The molecule has 0 unspecified atom stereocenters. The van der Waals surface area contributed by atoms with E-state index in [4.69, 9.17) is 12.2 Å². The monoisotopic (exact) mass is 255 g/mol. The Morgan fingerprint density at radius 3 is 2.81 bits per heavy atom. The number of halogens is 1. The van der Waals surface area contributed by atoms with Gasteiger partial charge in [-0.15, -0.1) is 0 Å². The highest BCUT2D eigenvalue weighted by atomic mass is 32.2. The van der Waals surface area contributed by atoms with Crippen LogP contribution in [0.2, 0.25) is 0 Å². The van der Waals surface area contributed by atoms with Gasteiger partial charge in [0.15, 0.2) is 0 Å². The minimum absolute atomic E-state index is 0.176. The van der Waals surface area contributed by atoms with E-state index < -0.39 is 0 Å². The van der Waals surface area contributed by atoms with E-state index in [-0.39, 0.29) is 5.82 Å². The fourth-order valence-corrected chi connectivity index (χ4v) is 2.96. The van der Waals surface area contributed by atoms with Crippen molar-refractivity contribution in [3.8, 4) is 0 Å². The standard InChI is InChI=1S/C12H14FNS2/c13-11-5-3-4-10(8-11)9-16-12(15)14-6-1-2-7-14/h3-5,8H,1-2,6-7,9H2. The van der Waals surface area contributed by atoms with Gasteiger partial charge in [-0.2, -0.15) is 0 Å². The van der Waals surface area contributed by atoms with E-state index in [0.29, 0.717) is 0 Å². The maximum atomic E-state index is 12.9. The molecule has 16 heavy (non-hydrogen) atoms. The Morgan fingerprint density at radius 2 is 2.12 bits per heavy atom. The smallest absolute Gasteiger partial charge is 0.136 e. The molecule has 4 heteroatoms. The summed E-state index contributed by atoms with van der Waals surface area (Å²) in [6.45, 7) is 2.16. The lowest BCUT2D eigenvalue weighted by molar-refractivity contribution is 0.539. The summed E-state index contributed by atoms with van der Waals surface area (Å²) >= 11 is 6.97. The topological polar surface area (TPSA) is 3.24 Å². The average molecular weight is 255 g/mol. The fraction of sp³-hybridized carbons (Fsp3) is 0.417. The first-order chi connectivity index (χ1) is 7.75. The summed E-state index contributed by atoms with van der Waals surface area (Å²) in [6, 6.07) is 6.71. The van der Waals surface area contributed by atoms with Gasteiger partial charge in [0.05, 0.1) is 0 Å². The van der Waals surface area contributed by atoms with Crippen LogP contribution in [-0.2, 0) is 5.75 Å². The predicted molar refractivity (Wildman–Crippen MR) is 71.1 cm³/mol. The van der Waals surface area contributed by atoms with Crippen molar-refractivity contribution in [2.45, 2.75) is 18.6 Å². The third kappa shape index (κ3) is 3.19. The molecule has 0 aromatic heterocycles. The number of hydrogen-bond donors (Lipinski definition) is 0. The summed E-state index contributed by atoms with van der Waals surface area (Å²) in [4.78, 5) is 2.24. The molecule has 1 aromatic rings. The van der Waals surface area contributed by atoms with E-state index in [2.05, 4.69) is 4.90 Å². The molecule has 0 amide bonds. The lowest BCUT2D eigenvalue weighted by Gasteiger charge is -2.17. The van der Waals surface area contributed by atoms with Gasteiger partial charge in [-0.05, 0) is 30.5 Å². The molecule has 1 fully saturated rings. The molecule has 86 valence electrons. The number of rotatable bonds is 2. The van der Waals surface area contributed by atoms with Gasteiger partial charge >= 0.3 is 0 Å². The highest BCUT2D eigenvalue weighted by Crippen LogP contribution is 2.20. The normalized spacial score (nSPS) is 15.4. The van der Waals surface area contributed by atoms with Crippen LogP contribution in [0.5, 0.6) is 0 Å². The van der Waals surface area contributed by atoms with Gasteiger partial charge in [-0.3, -0.25) is 0 Å². The van der Waals surface area contributed by atoms with Crippen LogP contribution >= 0.6 is 24.0 Å². The maximum Gasteiger partial charge on any atom is 0.136 e. The zero-order valence-corrected chi connectivity index (χ0v) is 10.6. The van der Waals surface area contributed by atoms with Gasteiger partial charge in [-0.1, -0.05) is 36.1 Å². The van der Waals surface area contributed by atoms with Crippen molar-refractivity contribution >= 4 is 28.3 Å². The third-order valence-corrected chi connectivity index (χ3v) is 4.21. The molecule has 1 aliphatic heterocycles. The maximum absolute atomic E-state index is 12.9. The Bertz CT molecular complexity index is 375. The molecule has 0 bridgehead atoms. The SMILES string of the molecule is Fc1cccc(CSC(=S)N2CCCC2)c1. The molecule has 1 aromatic carbocycles. The molecule has 0 atom stereocenters. The van der Waals surface area contributed by atoms with Crippen molar-refractivity contribution in [1.29, 1.82) is 0 Å². The van der Waals surface area contributed by atoms with Gasteiger partial charge < -0.3 is 4.90 Å². The van der Waals surface area contributed by atoms with Gasteiger partial charge in [-0.25, -0.2) is 4.39 Å². The fourth-order valence-electron chi connectivity index (χ4n) is 1.76. The van der Waals surface area contributed by atoms with Crippen LogP contribution in [0.4, 0.5) is 4.39 Å². The van der Waals surface area contributed by atoms with Crippen LogP contribution in [0.3, 0.4) is 0 Å². The first-order valence-electron chi connectivity index (χ1n) is 5.42. The highest BCUT2D eigenvalue weighted by molar-refractivity contribution is 8.22. The largest absolute Gasteiger partial charge is 0.358 e.